The Labute approximate surface area is 179 Å². The van der Waals surface area contributed by atoms with Crippen LogP contribution in [-0.2, 0) is 17.8 Å². The van der Waals surface area contributed by atoms with E-state index in [0.717, 1.165) is 60.0 Å². The Morgan fingerprint density at radius 2 is 2.03 bits per heavy atom. The molecule has 4 aromatic heterocycles. The third-order valence-electron chi connectivity index (χ3n) is 5.75. The van der Waals surface area contributed by atoms with Gasteiger partial charge in [-0.3, -0.25) is 14.9 Å². The van der Waals surface area contributed by atoms with Crippen molar-refractivity contribution in [1.29, 1.82) is 0 Å². The lowest BCUT2D eigenvalue weighted by Gasteiger charge is -2.31. The van der Waals surface area contributed by atoms with Crippen molar-refractivity contribution in [3.05, 3.63) is 66.1 Å². The van der Waals surface area contributed by atoms with Crippen LogP contribution in [0.2, 0.25) is 0 Å². The molecule has 1 saturated heterocycles. The summed E-state index contributed by atoms with van der Waals surface area (Å²) in [7, 11) is 0. The van der Waals surface area contributed by atoms with Crippen molar-refractivity contribution in [2.75, 3.05) is 18.4 Å². The molecule has 0 spiro atoms. The topological polar surface area (TPSA) is 115 Å². The number of nitrogens with zero attached hydrogens (tertiary/aromatic N) is 5. The van der Waals surface area contributed by atoms with Crippen LogP contribution in [0.3, 0.4) is 0 Å². The molecule has 0 radical (unpaired) electrons. The number of aromatic amines is 2. The fourth-order valence-electron chi connectivity index (χ4n) is 4.04. The van der Waals surface area contributed by atoms with Crippen molar-refractivity contribution in [3.63, 3.8) is 0 Å². The standard InChI is InChI=1S/C22H24N8O/c31-20(13-16-3-1-2-8-23-16)30-11-6-15(7-12-30)18-5-4-17-21(28-29-22(17)27-18)26-14-19-24-9-10-25-19/h1-5,8-10,15H,6-7,11-14H2,(H,24,25)(H2,26,27,28,29). The molecule has 3 N–H and O–H groups in total. The summed E-state index contributed by atoms with van der Waals surface area (Å²) in [6.45, 7) is 2.06. The van der Waals surface area contributed by atoms with Gasteiger partial charge in [-0.2, -0.15) is 5.10 Å². The van der Waals surface area contributed by atoms with Crippen LogP contribution in [-0.4, -0.2) is 54.0 Å². The van der Waals surface area contributed by atoms with Crippen LogP contribution in [0.4, 0.5) is 5.82 Å². The van der Waals surface area contributed by atoms with Crippen LogP contribution in [0.1, 0.15) is 36.0 Å². The van der Waals surface area contributed by atoms with Crippen LogP contribution < -0.4 is 5.32 Å². The molecule has 1 aliphatic heterocycles. The Balaban J connectivity index is 1.20. The number of likely N-dealkylation sites (tertiary alicyclic amines) is 1. The Bertz CT molecular complexity index is 1150. The van der Waals surface area contributed by atoms with E-state index in [1.807, 2.05) is 23.1 Å². The van der Waals surface area contributed by atoms with Crippen molar-refractivity contribution in [1.82, 2.24) is 35.0 Å². The van der Waals surface area contributed by atoms with Gasteiger partial charge in [0.25, 0.3) is 0 Å². The summed E-state index contributed by atoms with van der Waals surface area (Å²) in [5.41, 5.74) is 2.64. The van der Waals surface area contributed by atoms with E-state index in [-0.39, 0.29) is 5.91 Å². The molecule has 0 aromatic carbocycles. The van der Waals surface area contributed by atoms with Gasteiger partial charge >= 0.3 is 0 Å². The van der Waals surface area contributed by atoms with Crippen LogP contribution in [0, 0.1) is 0 Å². The molecule has 9 nitrogen and oxygen atoms in total. The van der Waals surface area contributed by atoms with E-state index in [4.69, 9.17) is 4.98 Å². The normalized spacial score (nSPS) is 14.8. The Hall–Kier alpha value is -3.75. The van der Waals surface area contributed by atoms with E-state index in [1.165, 1.54) is 0 Å². The Morgan fingerprint density at radius 3 is 2.81 bits per heavy atom. The van der Waals surface area contributed by atoms with Gasteiger partial charge in [-0.25, -0.2) is 9.97 Å². The number of H-pyrrole nitrogens is 2. The number of carbonyl (C=O) groups is 1. The molecule has 0 atom stereocenters. The van der Waals surface area contributed by atoms with Crippen molar-refractivity contribution >= 4 is 22.8 Å². The summed E-state index contributed by atoms with van der Waals surface area (Å²) >= 11 is 0. The van der Waals surface area contributed by atoms with Crippen LogP contribution in [0.15, 0.2) is 48.9 Å². The lowest BCUT2D eigenvalue weighted by atomic mass is 9.92. The maximum absolute atomic E-state index is 12.6. The minimum absolute atomic E-state index is 0.140. The highest BCUT2D eigenvalue weighted by atomic mass is 16.2. The largest absolute Gasteiger partial charge is 0.361 e. The summed E-state index contributed by atoms with van der Waals surface area (Å²) in [5, 5.41) is 11.6. The number of pyridine rings is 2. The second kappa shape index (κ2) is 8.55. The quantitative estimate of drug-likeness (QED) is 0.445. The van der Waals surface area contributed by atoms with Crippen LogP contribution >= 0.6 is 0 Å². The minimum atomic E-state index is 0.140. The zero-order valence-electron chi connectivity index (χ0n) is 17.1. The fourth-order valence-corrected chi connectivity index (χ4v) is 4.04. The summed E-state index contributed by atoms with van der Waals surface area (Å²) in [6.07, 6.45) is 7.42. The van der Waals surface area contributed by atoms with Gasteiger partial charge in [0.15, 0.2) is 11.5 Å². The zero-order valence-corrected chi connectivity index (χ0v) is 17.1. The van der Waals surface area contributed by atoms with Crippen molar-refractivity contribution in [3.8, 4) is 0 Å². The fraction of sp³-hybridized carbons (Fsp3) is 0.318. The van der Waals surface area contributed by atoms with E-state index in [1.54, 1.807) is 18.6 Å². The summed E-state index contributed by atoms with van der Waals surface area (Å²) in [6, 6.07) is 9.81. The first kappa shape index (κ1) is 19.2. The van der Waals surface area contributed by atoms with E-state index in [0.29, 0.717) is 18.9 Å². The van der Waals surface area contributed by atoms with E-state index in [9.17, 15) is 4.79 Å². The third kappa shape index (κ3) is 4.25. The lowest BCUT2D eigenvalue weighted by molar-refractivity contribution is -0.131. The van der Waals surface area contributed by atoms with Gasteiger partial charge in [-0.05, 0) is 37.1 Å². The number of hydrogen-bond acceptors (Lipinski definition) is 6. The molecular formula is C22H24N8O. The summed E-state index contributed by atoms with van der Waals surface area (Å²) in [4.78, 5) is 30.9. The monoisotopic (exact) mass is 416 g/mol. The molecule has 158 valence electrons. The molecule has 5 heterocycles. The number of piperidine rings is 1. The van der Waals surface area contributed by atoms with Crippen molar-refractivity contribution in [2.45, 2.75) is 31.7 Å². The first-order valence-corrected chi connectivity index (χ1v) is 10.5. The van der Waals surface area contributed by atoms with E-state index >= 15 is 0 Å². The van der Waals surface area contributed by atoms with Crippen molar-refractivity contribution < 1.29 is 4.79 Å². The van der Waals surface area contributed by atoms with Gasteiger partial charge in [0.1, 0.15) is 5.82 Å². The number of hydrogen-bond donors (Lipinski definition) is 3. The molecule has 0 unspecified atom stereocenters. The molecule has 5 rings (SSSR count). The number of carbonyl (C=O) groups excluding carboxylic acids is 1. The predicted molar refractivity (Wildman–Crippen MR) is 116 cm³/mol. The second-order valence-corrected chi connectivity index (χ2v) is 7.75. The molecule has 0 bridgehead atoms. The first-order valence-electron chi connectivity index (χ1n) is 10.5. The third-order valence-corrected chi connectivity index (χ3v) is 5.75. The molecule has 1 aliphatic rings. The van der Waals surface area contributed by atoms with Crippen molar-refractivity contribution in [2.24, 2.45) is 0 Å². The van der Waals surface area contributed by atoms with Gasteiger partial charge in [-0.15, -0.1) is 0 Å². The number of amides is 1. The van der Waals surface area contributed by atoms with Gasteiger partial charge < -0.3 is 15.2 Å². The number of anilines is 1. The minimum Gasteiger partial charge on any atom is -0.361 e. The Morgan fingerprint density at radius 1 is 1.13 bits per heavy atom. The number of aromatic nitrogens is 6. The summed E-state index contributed by atoms with van der Waals surface area (Å²) < 4.78 is 0. The number of nitrogens with one attached hydrogen (secondary N) is 3. The second-order valence-electron chi connectivity index (χ2n) is 7.75. The lowest BCUT2D eigenvalue weighted by Crippen LogP contribution is -2.39. The number of fused-ring (bicyclic) bond motifs is 1. The van der Waals surface area contributed by atoms with Gasteiger partial charge in [0.2, 0.25) is 5.91 Å². The predicted octanol–water partition coefficient (Wildman–Crippen LogP) is 2.64. The molecule has 1 fully saturated rings. The molecule has 0 saturated carbocycles. The highest BCUT2D eigenvalue weighted by molar-refractivity contribution is 5.87. The molecular weight excluding hydrogens is 392 g/mol. The van der Waals surface area contributed by atoms with E-state index in [2.05, 4.69) is 42.6 Å². The zero-order chi connectivity index (χ0) is 21.0. The average Bonchev–Trinajstić information content (AvgIpc) is 3.48. The molecule has 1 amide bonds. The maximum Gasteiger partial charge on any atom is 0.228 e. The van der Waals surface area contributed by atoms with E-state index < -0.39 is 0 Å². The molecule has 9 heteroatoms. The van der Waals surface area contributed by atoms with Gasteiger partial charge in [0.05, 0.1) is 18.4 Å². The maximum atomic E-state index is 12.6. The average molecular weight is 416 g/mol. The SMILES string of the molecule is O=C(Cc1ccccn1)N1CCC(c2ccc3c(NCc4ncc[nH]4)n[nH]c3n2)CC1. The smallest absolute Gasteiger partial charge is 0.228 e. The summed E-state index contributed by atoms with van der Waals surface area (Å²) in [5.74, 6) is 2.10. The first-order chi connectivity index (χ1) is 15.3. The van der Waals surface area contributed by atoms with Gasteiger partial charge in [0, 0.05) is 49.0 Å². The Kier molecular flexibility index (Phi) is 5.30. The molecule has 4 aromatic rings. The number of imidazole rings is 1. The highest BCUT2D eigenvalue weighted by Crippen LogP contribution is 2.29. The molecule has 0 aliphatic carbocycles. The van der Waals surface area contributed by atoms with Crippen LogP contribution in [0.25, 0.3) is 11.0 Å². The number of rotatable bonds is 6. The van der Waals surface area contributed by atoms with Gasteiger partial charge in [-0.1, -0.05) is 6.07 Å². The molecule has 31 heavy (non-hydrogen) atoms. The van der Waals surface area contributed by atoms with Crippen LogP contribution in [0.5, 0.6) is 0 Å². The highest BCUT2D eigenvalue weighted by Gasteiger charge is 2.25.